The van der Waals surface area contributed by atoms with Crippen LogP contribution in [0.1, 0.15) is 26.5 Å². The molecule has 0 aromatic carbocycles. The van der Waals surface area contributed by atoms with E-state index >= 15 is 0 Å². The zero-order chi connectivity index (χ0) is 24.1. The Morgan fingerprint density at radius 2 is 1.67 bits per heavy atom. The number of carbonyl (C=O) groups is 3. The van der Waals surface area contributed by atoms with Gasteiger partial charge >= 0.3 is 17.9 Å². The first kappa shape index (κ1) is 24.4. The third kappa shape index (κ3) is 6.41. The lowest BCUT2D eigenvalue weighted by molar-refractivity contribution is -0.186. The van der Waals surface area contributed by atoms with Crippen molar-refractivity contribution >= 4 is 29.7 Å². The van der Waals surface area contributed by atoms with E-state index in [9.17, 15) is 18.8 Å². The number of ether oxygens (including phenoxy) is 4. The molecule has 0 aliphatic carbocycles. The van der Waals surface area contributed by atoms with Crippen molar-refractivity contribution in [3.05, 3.63) is 42.1 Å². The van der Waals surface area contributed by atoms with Gasteiger partial charge in [0.25, 0.3) is 5.95 Å². The Kier molecular flexibility index (Phi) is 7.85. The number of pyridine rings is 2. The highest BCUT2D eigenvalue weighted by molar-refractivity contribution is 7.99. The monoisotopic (exact) mass is 478 g/mol. The van der Waals surface area contributed by atoms with Crippen molar-refractivity contribution in [3.63, 3.8) is 0 Å². The average Bonchev–Trinajstić information content (AvgIpc) is 2.72. The molecule has 3 heterocycles. The maximum absolute atomic E-state index is 14.8. The van der Waals surface area contributed by atoms with Gasteiger partial charge in [0.05, 0.1) is 5.69 Å². The van der Waals surface area contributed by atoms with Gasteiger partial charge in [0, 0.05) is 44.0 Å². The zero-order valence-electron chi connectivity index (χ0n) is 18.4. The van der Waals surface area contributed by atoms with Crippen molar-refractivity contribution in [3.8, 4) is 17.0 Å². The molecule has 0 bridgehead atoms. The van der Waals surface area contributed by atoms with Crippen LogP contribution in [0, 0.1) is 12.9 Å². The Hall–Kier alpha value is -3.21. The predicted octanol–water partition coefficient (Wildman–Crippen LogP) is 2.84. The second-order valence-corrected chi connectivity index (χ2v) is 8.42. The third-order valence-corrected chi connectivity index (χ3v) is 5.77. The van der Waals surface area contributed by atoms with Crippen LogP contribution in [-0.2, 0) is 28.6 Å². The smallest absolute Gasteiger partial charge is 0.303 e. The molecule has 11 heteroatoms. The second-order valence-electron chi connectivity index (χ2n) is 7.29. The summed E-state index contributed by atoms with van der Waals surface area (Å²) in [5.41, 5.74) is 0.898. The lowest BCUT2D eigenvalue weighted by atomic mass is 10.1. The number of aryl methyl sites for hydroxylation is 1. The number of carbonyl (C=O) groups excluding carboxylic acids is 3. The minimum atomic E-state index is -1.16. The summed E-state index contributed by atoms with van der Waals surface area (Å²) in [4.78, 5) is 43.0. The lowest BCUT2D eigenvalue weighted by Gasteiger charge is -2.39. The Balaban J connectivity index is 1.86. The molecule has 0 N–H and O–H groups in total. The summed E-state index contributed by atoms with van der Waals surface area (Å²) in [7, 11) is 0. The minimum Gasteiger partial charge on any atom is -0.471 e. The molecule has 4 atom stereocenters. The lowest BCUT2D eigenvalue weighted by Crippen LogP contribution is -2.55. The van der Waals surface area contributed by atoms with Crippen molar-refractivity contribution in [1.29, 1.82) is 0 Å². The molecule has 1 aliphatic rings. The van der Waals surface area contributed by atoms with E-state index in [0.29, 0.717) is 11.3 Å². The van der Waals surface area contributed by atoms with Crippen molar-refractivity contribution in [2.75, 3.05) is 5.75 Å². The fourth-order valence-corrected chi connectivity index (χ4v) is 4.52. The number of rotatable bonds is 6. The SMILES string of the molecule is CC(=O)O[C@@H]1[C@@H](OC(C)=O)[C@H](OC(C)=O)CS[C@H]1Oc1ccc(-c2ccnc(C)c2)nc1F. The maximum Gasteiger partial charge on any atom is 0.303 e. The first-order valence-electron chi connectivity index (χ1n) is 10.0. The highest BCUT2D eigenvalue weighted by Crippen LogP contribution is 2.35. The number of esters is 3. The van der Waals surface area contributed by atoms with E-state index in [1.54, 1.807) is 24.4 Å². The molecule has 1 aliphatic heterocycles. The zero-order valence-corrected chi connectivity index (χ0v) is 19.3. The molecular formula is C22H23FN2O7S. The van der Waals surface area contributed by atoms with Crippen LogP contribution in [0.4, 0.5) is 4.39 Å². The van der Waals surface area contributed by atoms with Crippen molar-refractivity contribution in [2.45, 2.75) is 51.4 Å². The highest BCUT2D eigenvalue weighted by atomic mass is 32.2. The molecule has 0 amide bonds. The first-order chi connectivity index (χ1) is 15.6. The van der Waals surface area contributed by atoms with Gasteiger partial charge in [-0.15, -0.1) is 11.8 Å². The summed E-state index contributed by atoms with van der Waals surface area (Å²) in [6.07, 6.45) is -1.56. The van der Waals surface area contributed by atoms with E-state index in [0.717, 1.165) is 17.5 Å². The molecule has 0 unspecified atom stereocenters. The van der Waals surface area contributed by atoms with Crippen LogP contribution in [0.2, 0.25) is 0 Å². The van der Waals surface area contributed by atoms with E-state index in [2.05, 4.69) is 9.97 Å². The number of hydrogen-bond acceptors (Lipinski definition) is 10. The van der Waals surface area contributed by atoms with Gasteiger partial charge in [-0.05, 0) is 31.2 Å². The molecule has 2 aromatic rings. The van der Waals surface area contributed by atoms with Gasteiger partial charge in [-0.1, -0.05) is 0 Å². The standard InChI is InChI=1S/C22H23FN2O7S/c1-11-9-15(7-8-24-11)16-5-6-17(21(23)25-16)32-22-20(31-14(4)28)19(30-13(3)27)18(10-33-22)29-12(2)26/h5-9,18-20,22H,10H2,1-4H3/t18-,19+,20-,22-/m1/s1. The van der Waals surface area contributed by atoms with Crippen LogP contribution in [-0.4, -0.2) is 57.4 Å². The fraction of sp³-hybridized carbons (Fsp3) is 0.409. The van der Waals surface area contributed by atoms with E-state index < -0.39 is 47.6 Å². The van der Waals surface area contributed by atoms with Crippen LogP contribution >= 0.6 is 11.8 Å². The molecule has 0 saturated carbocycles. The van der Waals surface area contributed by atoms with Crippen molar-refractivity contribution < 1.29 is 37.7 Å². The Bertz CT molecular complexity index is 1050. The van der Waals surface area contributed by atoms with Crippen molar-refractivity contribution in [1.82, 2.24) is 9.97 Å². The van der Waals surface area contributed by atoms with Crippen LogP contribution in [0.3, 0.4) is 0 Å². The molecular weight excluding hydrogens is 455 g/mol. The fourth-order valence-electron chi connectivity index (χ4n) is 3.31. The average molecular weight is 478 g/mol. The number of halogens is 1. The summed E-state index contributed by atoms with van der Waals surface area (Å²) in [6.45, 7) is 5.38. The minimum absolute atomic E-state index is 0.170. The van der Waals surface area contributed by atoms with Gasteiger partial charge in [-0.2, -0.15) is 4.39 Å². The Morgan fingerprint density at radius 1 is 1.00 bits per heavy atom. The summed E-state index contributed by atoms with van der Waals surface area (Å²) in [5.74, 6) is -2.79. The predicted molar refractivity (Wildman–Crippen MR) is 116 cm³/mol. The number of thioether (sulfide) groups is 1. The molecule has 0 radical (unpaired) electrons. The van der Waals surface area contributed by atoms with E-state index in [1.807, 2.05) is 6.92 Å². The van der Waals surface area contributed by atoms with Gasteiger partial charge in [0.1, 0.15) is 0 Å². The Morgan fingerprint density at radius 3 is 2.27 bits per heavy atom. The van der Waals surface area contributed by atoms with Crippen LogP contribution < -0.4 is 4.74 Å². The van der Waals surface area contributed by atoms with Crippen molar-refractivity contribution in [2.24, 2.45) is 0 Å². The quantitative estimate of drug-likeness (QED) is 0.349. The molecule has 0 spiro atoms. The molecule has 9 nitrogen and oxygen atoms in total. The van der Waals surface area contributed by atoms with E-state index in [-0.39, 0.29) is 11.5 Å². The van der Waals surface area contributed by atoms with Crippen LogP contribution in [0.25, 0.3) is 11.3 Å². The summed E-state index contributed by atoms with van der Waals surface area (Å²) >= 11 is 1.13. The number of aromatic nitrogens is 2. The number of hydrogen-bond donors (Lipinski definition) is 0. The van der Waals surface area contributed by atoms with Crippen LogP contribution in [0.15, 0.2) is 30.5 Å². The van der Waals surface area contributed by atoms with Gasteiger partial charge < -0.3 is 18.9 Å². The van der Waals surface area contributed by atoms with Gasteiger partial charge in [-0.25, -0.2) is 4.98 Å². The van der Waals surface area contributed by atoms with Gasteiger partial charge in [0.2, 0.25) is 0 Å². The number of nitrogens with zero attached hydrogens (tertiary/aromatic N) is 2. The molecule has 33 heavy (non-hydrogen) atoms. The summed E-state index contributed by atoms with van der Waals surface area (Å²) in [6, 6.07) is 6.49. The largest absolute Gasteiger partial charge is 0.471 e. The molecule has 1 saturated heterocycles. The molecule has 176 valence electrons. The van der Waals surface area contributed by atoms with Gasteiger partial charge in [-0.3, -0.25) is 19.4 Å². The normalized spacial score (nSPS) is 22.2. The molecule has 2 aromatic heterocycles. The topological polar surface area (TPSA) is 114 Å². The van der Waals surface area contributed by atoms with Crippen LogP contribution in [0.5, 0.6) is 5.75 Å². The third-order valence-electron chi connectivity index (χ3n) is 4.55. The highest BCUT2D eigenvalue weighted by Gasteiger charge is 2.48. The van der Waals surface area contributed by atoms with E-state index in [4.69, 9.17) is 18.9 Å². The Labute approximate surface area is 194 Å². The first-order valence-corrected chi connectivity index (χ1v) is 11.1. The van der Waals surface area contributed by atoms with Gasteiger partial charge in [0.15, 0.2) is 29.5 Å². The molecule has 3 rings (SSSR count). The summed E-state index contributed by atoms with van der Waals surface area (Å²) < 4.78 is 36.5. The summed E-state index contributed by atoms with van der Waals surface area (Å²) in [5, 5.41) is 0. The van der Waals surface area contributed by atoms with E-state index in [1.165, 1.54) is 26.8 Å². The molecule has 1 fully saturated rings. The second kappa shape index (κ2) is 10.6. The maximum atomic E-state index is 14.8.